The normalized spacial score (nSPS) is 26.9. The number of hydrogen-bond donors (Lipinski definition) is 2. The maximum atomic E-state index is 16.9. The maximum Gasteiger partial charge on any atom is 0.319 e. The number of nitrogens with zero attached hydrogens (tertiary/aromatic N) is 5. The highest BCUT2D eigenvalue weighted by Gasteiger charge is 2.47. The Bertz CT molecular complexity index is 1900. The predicted octanol–water partition coefficient (Wildman–Crippen LogP) is 6.16. The third kappa shape index (κ3) is 4.71. The Morgan fingerprint density at radius 1 is 1.15 bits per heavy atom. The Balaban J connectivity index is 1.27. The molecule has 1 aliphatic carbocycles. The number of anilines is 1. The van der Waals surface area contributed by atoms with Gasteiger partial charge in [-0.1, -0.05) is 24.6 Å². The molecule has 5 heterocycles. The number of phenolic OH excluding ortho intramolecular Hbond substituents is 1. The second kappa shape index (κ2) is 11.1. The number of hydrogen-bond acceptors (Lipinski definition) is 8. The molecule has 3 aliphatic heterocycles. The highest BCUT2D eigenvalue weighted by molar-refractivity contribution is 6.01. The van der Waals surface area contributed by atoms with Gasteiger partial charge in [0.05, 0.1) is 17.0 Å². The lowest BCUT2D eigenvalue weighted by Gasteiger charge is -2.34. The van der Waals surface area contributed by atoms with Gasteiger partial charge in [0, 0.05) is 37.3 Å². The Hall–Kier alpha value is -3.89. The molecule has 4 aliphatic rings. The van der Waals surface area contributed by atoms with Crippen molar-refractivity contribution >= 4 is 27.5 Å². The lowest BCUT2D eigenvalue weighted by molar-refractivity contribution is 0.108. The number of benzene rings is 2. The molecule has 1 unspecified atom stereocenters. The number of allylic oxidation sites excluding steroid dienone is 1. The van der Waals surface area contributed by atoms with Crippen molar-refractivity contribution in [2.75, 3.05) is 37.7 Å². The van der Waals surface area contributed by atoms with Gasteiger partial charge in [-0.3, -0.25) is 9.88 Å². The summed E-state index contributed by atoms with van der Waals surface area (Å²) in [6, 6.07) is 6.05. The number of aliphatic hydroxyl groups is 1. The quantitative estimate of drug-likeness (QED) is 0.246. The van der Waals surface area contributed by atoms with E-state index < -0.39 is 11.6 Å². The van der Waals surface area contributed by atoms with Crippen LogP contribution in [0.2, 0.25) is 0 Å². The second-order valence-electron chi connectivity index (χ2n) is 13.7. The fourth-order valence-corrected chi connectivity index (χ4v) is 8.72. The monoisotopic (exact) mass is 627 g/mol. The summed E-state index contributed by atoms with van der Waals surface area (Å²) in [4.78, 5) is 18.7. The lowest BCUT2D eigenvalue weighted by atomic mass is 9.93. The number of halogens is 2. The smallest absolute Gasteiger partial charge is 0.319 e. The summed E-state index contributed by atoms with van der Waals surface area (Å²) in [6.07, 6.45) is 8.55. The summed E-state index contributed by atoms with van der Waals surface area (Å²) in [5, 5.41) is 22.8. The minimum Gasteiger partial charge on any atom is -0.508 e. The van der Waals surface area contributed by atoms with Gasteiger partial charge < -0.3 is 19.8 Å². The maximum absolute atomic E-state index is 16.9. The Kier molecular flexibility index (Phi) is 7.14. The van der Waals surface area contributed by atoms with Crippen molar-refractivity contribution < 1.29 is 23.7 Å². The van der Waals surface area contributed by atoms with Crippen molar-refractivity contribution in [3.05, 3.63) is 59.3 Å². The lowest BCUT2D eigenvalue weighted by Crippen LogP contribution is -2.43. The predicted molar refractivity (Wildman–Crippen MR) is 173 cm³/mol. The van der Waals surface area contributed by atoms with E-state index in [2.05, 4.69) is 32.8 Å². The van der Waals surface area contributed by atoms with Gasteiger partial charge in [-0.05, 0) is 92.4 Å². The van der Waals surface area contributed by atoms with Gasteiger partial charge in [-0.15, -0.1) is 0 Å². The minimum absolute atomic E-state index is 0.0208. The van der Waals surface area contributed by atoms with Gasteiger partial charge in [0.1, 0.15) is 35.2 Å². The number of ether oxygens (including phenoxy) is 1. The van der Waals surface area contributed by atoms with E-state index in [4.69, 9.17) is 9.72 Å². The molecule has 4 fully saturated rings. The molecule has 10 heteroatoms. The van der Waals surface area contributed by atoms with Crippen LogP contribution in [0.5, 0.6) is 11.8 Å². The minimum atomic E-state index is -0.679. The summed E-state index contributed by atoms with van der Waals surface area (Å²) < 4.78 is 38.3. The first-order valence-corrected chi connectivity index (χ1v) is 16.5. The number of piperidine rings is 1. The molecule has 1 saturated carbocycles. The van der Waals surface area contributed by atoms with Crippen LogP contribution in [0.1, 0.15) is 51.5 Å². The number of aliphatic hydroxyl groups excluding tert-OH is 1. The van der Waals surface area contributed by atoms with Gasteiger partial charge in [-0.2, -0.15) is 9.97 Å². The molecule has 240 valence electrons. The Morgan fingerprint density at radius 3 is 2.83 bits per heavy atom. The topological polar surface area (TPSA) is 94.8 Å². The molecule has 8 rings (SSSR count). The number of aromatic hydroxyl groups is 1. The van der Waals surface area contributed by atoms with E-state index in [1.807, 2.05) is 6.92 Å². The average molecular weight is 628 g/mol. The standard InChI is InChI=1S/C36H39F2N5O3/c1-3-20-14-36(8-5-9-43(36)17-20)19-46-35-40-33-27(34(41-35)42-16-21-10-23(18-42)29(45)11-21)15-39-32(31(33)38)26-13-24(44)12-22-6-7-28(37)25(4-2)30(22)26/h3,6-7,12-13,15,21,23,29,44-45H,4-5,8-11,14,16-19H2,1-2H3/b20-3+/t21-,23-,29-,36?/m1/s1. The van der Waals surface area contributed by atoms with Crippen LogP contribution in [0.3, 0.4) is 0 Å². The molecule has 46 heavy (non-hydrogen) atoms. The molecular weight excluding hydrogens is 588 g/mol. The number of rotatable bonds is 6. The van der Waals surface area contributed by atoms with E-state index >= 15 is 4.39 Å². The SMILES string of the molecule is C/C=C1/CN2CCCC2(COc2nc(N3C[C@@H]4C[C@H](C3)[C@H](O)C4)c3cnc(-c4cc(O)cc5ccc(F)c(CC)c45)c(F)c3n2)C1. The van der Waals surface area contributed by atoms with Gasteiger partial charge in [-0.25, -0.2) is 8.78 Å². The van der Waals surface area contributed by atoms with Crippen LogP contribution in [0.25, 0.3) is 32.9 Å². The molecule has 8 nitrogen and oxygen atoms in total. The highest BCUT2D eigenvalue weighted by Crippen LogP contribution is 2.44. The van der Waals surface area contributed by atoms with E-state index in [0.29, 0.717) is 65.1 Å². The largest absolute Gasteiger partial charge is 0.508 e. The molecule has 0 spiro atoms. The van der Waals surface area contributed by atoms with E-state index in [9.17, 15) is 14.6 Å². The van der Waals surface area contributed by atoms with Crippen molar-refractivity contribution in [2.45, 2.75) is 64.0 Å². The van der Waals surface area contributed by atoms with Gasteiger partial charge >= 0.3 is 6.01 Å². The van der Waals surface area contributed by atoms with Crippen LogP contribution < -0.4 is 9.64 Å². The van der Waals surface area contributed by atoms with Crippen LogP contribution in [0.15, 0.2) is 42.1 Å². The van der Waals surface area contributed by atoms with Crippen molar-refractivity contribution in [3.8, 4) is 23.0 Å². The summed E-state index contributed by atoms with van der Waals surface area (Å²) in [7, 11) is 0. The van der Waals surface area contributed by atoms with E-state index in [-0.39, 0.29) is 40.5 Å². The van der Waals surface area contributed by atoms with Crippen LogP contribution in [0, 0.1) is 23.5 Å². The van der Waals surface area contributed by atoms with E-state index in [1.165, 1.54) is 17.7 Å². The zero-order valence-corrected chi connectivity index (χ0v) is 26.3. The first kappa shape index (κ1) is 29.5. The Morgan fingerprint density at radius 2 is 2.02 bits per heavy atom. The highest BCUT2D eigenvalue weighted by atomic mass is 19.1. The van der Waals surface area contributed by atoms with Crippen molar-refractivity contribution in [2.24, 2.45) is 11.8 Å². The fraction of sp³-hybridized carbons (Fsp3) is 0.472. The third-order valence-electron chi connectivity index (χ3n) is 11.0. The van der Waals surface area contributed by atoms with Crippen molar-refractivity contribution in [1.82, 2.24) is 19.9 Å². The van der Waals surface area contributed by atoms with Crippen molar-refractivity contribution in [3.63, 3.8) is 0 Å². The van der Waals surface area contributed by atoms with Crippen LogP contribution >= 0.6 is 0 Å². The molecule has 0 amide bonds. The van der Waals surface area contributed by atoms with Crippen LogP contribution in [-0.2, 0) is 6.42 Å². The van der Waals surface area contributed by atoms with Gasteiger partial charge in [0.15, 0.2) is 5.82 Å². The molecule has 0 radical (unpaired) electrons. The van der Waals surface area contributed by atoms with E-state index in [0.717, 1.165) is 45.2 Å². The number of pyridine rings is 1. The number of aryl methyl sites for hydroxylation is 1. The Labute approximate surface area is 266 Å². The first-order chi connectivity index (χ1) is 22.3. The molecule has 4 aromatic rings. The summed E-state index contributed by atoms with van der Waals surface area (Å²) in [5.74, 6) is -0.144. The molecular formula is C36H39F2N5O3. The summed E-state index contributed by atoms with van der Waals surface area (Å²) in [6.45, 7) is 7.58. The van der Waals surface area contributed by atoms with Gasteiger partial charge in [0.2, 0.25) is 0 Å². The molecule has 2 aromatic heterocycles. The molecule has 3 saturated heterocycles. The van der Waals surface area contributed by atoms with E-state index in [1.54, 1.807) is 18.3 Å². The number of phenols is 1. The number of fused-ring (bicyclic) bond motifs is 5. The third-order valence-corrected chi connectivity index (χ3v) is 11.0. The number of aromatic nitrogens is 3. The summed E-state index contributed by atoms with van der Waals surface area (Å²) >= 11 is 0. The van der Waals surface area contributed by atoms with Crippen molar-refractivity contribution in [1.29, 1.82) is 0 Å². The fourth-order valence-electron chi connectivity index (χ4n) is 8.72. The zero-order chi connectivity index (χ0) is 31.7. The molecule has 2 bridgehead atoms. The average Bonchev–Trinajstić information content (AvgIpc) is 3.68. The zero-order valence-electron chi connectivity index (χ0n) is 26.3. The molecule has 2 N–H and O–H groups in total. The van der Waals surface area contributed by atoms with Crippen LogP contribution in [-0.4, -0.2) is 74.5 Å². The van der Waals surface area contributed by atoms with Gasteiger partial charge in [0.25, 0.3) is 0 Å². The molecule has 4 atom stereocenters. The first-order valence-electron chi connectivity index (χ1n) is 16.5. The molecule has 2 aromatic carbocycles. The second-order valence-corrected chi connectivity index (χ2v) is 13.7. The summed E-state index contributed by atoms with van der Waals surface area (Å²) in [5.41, 5.74) is 2.05. The van der Waals surface area contributed by atoms with Crippen LogP contribution in [0.4, 0.5) is 14.6 Å².